The number of imidazole rings is 1. The molecule has 1 atom stereocenters. The van der Waals surface area contributed by atoms with Gasteiger partial charge >= 0.3 is 0 Å². The van der Waals surface area contributed by atoms with Gasteiger partial charge in [-0.25, -0.2) is 9.37 Å². The molecule has 0 saturated carbocycles. The molecule has 1 aliphatic rings. The van der Waals surface area contributed by atoms with Crippen molar-refractivity contribution in [1.82, 2.24) is 15.3 Å². The fraction of sp³-hybridized carbons (Fsp3) is 0.533. The van der Waals surface area contributed by atoms with Gasteiger partial charge in [0.05, 0.1) is 11.0 Å². The highest BCUT2D eigenvalue weighted by atomic mass is 19.1. The molecule has 20 heavy (non-hydrogen) atoms. The number of piperidine rings is 1. The van der Waals surface area contributed by atoms with Gasteiger partial charge in [0.2, 0.25) is 5.95 Å². The van der Waals surface area contributed by atoms with E-state index in [1.165, 1.54) is 31.4 Å². The highest BCUT2D eigenvalue weighted by molar-refractivity contribution is 5.77. The van der Waals surface area contributed by atoms with Crippen LogP contribution in [0.2, 0.25) is 0 Å². The molecular weight excluding hydrogens is 255 g/mol. The average molecular weight is 276 g/mol. The SMILES string of the molecule is CCN(CC1CCCCN1)c1nc2ccc(F)cc2[nH]1. The molecule has 0 amide bonds. The van der Waals surface area contributed by atoms with E-state index >= 15 is 0 Å². The van der Waals surface area contributed by atoms with E-state index in [-0.39, 0.29) is 5.82 Å². The predicted molar refractivity (Wildman–Crippen MR) is 79.6 cm³/mol. The molecule has 4 nitrogen and oxygen atoms in total. The molecule has 5 heteroatoms. The first kappa shape index (κ1) is 13.4. The summed E-state index contributed by atoms with van der Waals surface area (Å²) >= 11 is 0. The Hall–Kier alpha value is -1.62. The van der Waals surface area contributed by atoms with E-state index in [0.717, 1.165) is 36.6 Å². The molecule has 0 aliphatic carbocycles. The van der Waals surface area contributed by atoms with Crippen LogP contribution in [0.5, 0.6) is 0 Å². The zero-order valence-electron chi connectivity index (χ0n) is 11.8. The van der Waals surface area contributed by atoms with Gasteiger partial charge < -0.3 is 15.2 Å². The van der Waals surface area contributed by atoms with Gasteiger partial charge in [0.15, 0.2) is 0 Å². The second-order valence-electron chi connectivity index (χ2n) is 5.41. The second-order valence-corrected chi connectivity index (χ2v) is 5.41. The molecule has 1 aliphatic heterocycles. The fourth-order valence-corrected chi connectivity index (χ4v) is 2.83. The first-order valence-corrected chi connectivity index (χ1v) is 7.40. The maximum absolute atomic E-state index is 13.2. The van der Waals surface area contributed by atoms with Gasteiger partial charge in [-0.05, 0) is 44.5 Å². The summed E-state index contributed by atoms with van der Waals surface area (Å²) in [5.41, 5.74) is 1.58. The Kier molecular flexibility index (Phi) is 3.87. The van der Waals surface area contributed by atoms with Crippen molar-refractivity contribution in [3.05, 3.63) is 24.0 Å². The quantitative estimate of drug-likeness (QED) is 0.902. The van der Waals surface area contributed by atoms with E-state index in [2.05, 4.69) is 27.1 Å². The fourth-order valence-electron chi connectivity index (χ4n) is 2.83. The van der Waals surface area contributed by atoms with Gasteiger partial charge in [-0.2, -0.15) is 0 Å². The number of hydrogen-bond acceptors (Lipinski definition) is 3. The summed E-state index contributed by atoms with van der Waals surface area (Å²) in [6.07, 6.45) is 3.78. The number of benzene rings is 1. The summed E-state index contributed by atoms with van der Waals surface area (Å²) in [7, 11) is 0. The van der Waals surface area contributed by atoms with Gasteiger partial charge in [0.1, 0.15) is 5.82 Å². The molecule has 3 rings (SSSR count). The largest absolute Gasteiger partial charge is 0.341 e. The van der Waals surface area contributed by atoms with Gasteiger partial charge in [-0.3, -0.25) is 0 Å². The van der Waals surface area contributed by atoms with Crippen LogP contribution in [0.4, 0.5) is 10.3 Å². The number of aromatic amines is 1. The number of fused-ring (bicyclic) bond motifs is 1. The van der Waals surface area contributed by atoms with Crippen molar-refractivity contribution in [2.45, 2.75) is 32.2 Å². The third-order valence-electron chi connectivity index (χ3n) is 3.97. The lowest BCUT2D eigenvalue weighted by Crippen LogP contribution is -2.44. The zero-order valence-corrected chi connectivity index (χ0v) is 11.8. The Morgan fingerprint density at radius 2 is 2.30 bits per heavy atom. The van der Waals surface area contributed by atoms with Crippen LogP contribution in [0.15, 0.2) is 18.2 Å². The molecule has 108 valence electrons. The number of aromatic nitrogens is 2. The molecule has 1 aromatic carbocycles. The lowest BCUT2D eigenvalue weighted by atomic mass is 10.0. The topological polar surface area (TPSA) is 44.0 Å². The summed E-state index contributed by atoms with van der Waals surface area (Å²) in [5.74, 6) is 0.602. The Balaban J connectivity index is 1.79. The van der Waals surface area contributed by atoms with Crippen LogP contribution in [0.25, 0.3) is 11.0 Å². The van der Waals surface area contributed by atoms with Crippen molar-refractivity contribution in [3.8, 4) is 0 Å². The van der Waals surface area contributed by atoms with Gasteiger partial charge in [0, 0.05) is 19.1 Å². The van der Waals surface area contributed by atoms with Crippen molar-refractivity contribution in [2.75, 3.05) is 24.5 Å². The van der Waals surface area contributed by atoms with Gasteiger partial charge in [0.25, 0.3) is 0 Å². The van der Waals surface area contributed by atoms with E-state index in [1.807, 2.05) is 0 Å². The van der Waals surface area contributed by atoms with E-state index < -0.39 is 0 Å². The number of likely N-dealkylation sites (N-methyl/N-ethyl adjacent to an activating group) is 1. The number of nitrogens with one attached hydrogen (secondary N) is 2. The first-order valence-electron chi connectivity index (χ1n) is 7.40. The van der Waals surface area contributed by atoms with Gasteiger partial charge in [-0.1, -0.05) is 6.42 Å². The molecule has 1 saturated heterocycles. The van der Waals surface area contributed by atoms with Crippen molar-refractivity contribution in [3.63, 3.8) is 0 Å². The Morgan fingerprint density at radius 3 is 3.05 bits per heavy atom. The van der Waals surface area contributed by atoms with Gasteiger partial charge in [-0.15, -0.1) is 0 Å². The smallest absolute Gasteiger partial charge is 0.203 e. The predicted octanol–water partition coefficient (Wildman–Crippen LogP) is 2.67. The Bertz CT molecular complexity index is 574. The van der Waals surface area contributed by atoms with Crippen molar-refractivity contribution in [2.24, 2.45) is 0 Å². The molecule has 1 fully saturated rings. The van der Waals surface area contributed by atoms with E-state index in [9.17, 15) is 4.39 Å². The maximum atomic E-state index is 13.2. The number of anilines is 1. The number of rotatable bonds is 4. The molecule has 0 radical (unpaired) electrons. The molecule has 1 unspecified atom stereocenters. The van der Waals surface area contributed by atoms with Crippen molar-refractivity contribution in [1.29, 1.82) is 0 Å². The first-order chi connectivity index (χ1) is 9.76. The normalized spacial score (nSPS) is 19.4. The van der Waals surface area contributed by atoms with E-state index in [0.29, 0.717) is 6.04 Å². The lowest BCUT2D eigenvalue weighted by Gasteiger charge is -2.29. The minimum absolute atomic E-state index is 0.232. The molecule has 0 spiro atoms. The monoisotopic (exact) mass is 276 g/mol. The summed E-state index contributed by atoms with van der Waals surface area (Å²) in [6.45, 7) is 5.06. The highest BCUT2D eigenvalue weighted by Crippen LogP contribution is 2.19. The summed E-state index contributed by atoms with van der Waals surface area (Å²) < 4.78 is 13.2. The summed E-state index contributed by atoms with van der Waals surface area (Å²) in [4.78, 5) is 10.0. The molecule has 0 bridgehead atoms. The minimum Gasteiger partial charge on any atom is -0.341 e. The third-order valence-corrected chi connectivity index (χ3v) is 3.97. The van der Waals surface area contributed by atoms with Crippen LogP contribution in [-0.4, -0.2) is 35.6 Å². The highest BCUT2D eigenvalue weighted by Gasteiger charge is 2.18. The number of nitrogens with zero attached hydrogens (tertiary/aromatic N) is 2. The molecule has 2 aromatic rings. The summed E-state index contributed by atoms with van der Waals surface area (Å²) in [6, 6.07) is 5.19. The second kappa shape index (κ2) is 5.79. The van der Waals surface area contributed by atoms with Crippen LogP contribution in [0.3, 0.4) is 0 Å². The molecule has 2 heterocycles. The average Bonchev–Trinajstić information content (AvgIpc) is 2.88. The minimum atomic E-state index is -0.232. The van der Waals surface area contributed by atoms with Crippen molar-refractivity contribution >= 4 is 17.0 Å². The summed E-state index contributed by atoms with van der Waals surface area (Å²) in [5, 5.41) is 3.55. The van der Waals surface area contributed by atoms with E-state index in [1.54, 1.807) is 6.07 Å². The number of H-pyrrole nitrogens is 1. The standard InChI is InChI=1S/C15H21FN4/c1-2-20(10-12-5-3-4-8-17-12)15-18-13-7-6-11(16)9-14(13)19-15/h6-7,9,12,17H,2-5,8,10H2,1H3,(H,18,19). The Labute approximate surface area is 118 Å². The van der Waals surface area contributed by atoms with Crippen LogP contribution in [0, 0.1) is 5.82 Å². The number of hydrogen-bond donors (Lipinski definition) is 2. The molecule has 1 aromatic heterocycles. The number of halogens is 1. The maximum Gasteiger partial charge on any atom is 0.203 e. The van der Waals surface area contributed by atoms with Crippen molar-refractivity contribution < 1.29 is 4.39 Å². The zero-order chi connectivity index (χ0) is 13.9. The molecular formula is C15H21FN4. The van der Waals surface area contributed by atoms with E-state index in [4.69, 9.17) is 0 Å². The van der Waals surface area contributed by atoms with Crippen LogP contribution in [-0.2, 0) is 0 Å². The molecule has 2 N–H and O–H groups in total. The lowest BCUT2D eigenvalue weighted by molar-refractivity contribution is 0.399. The van der Waals surface area contributed by atoms with Crippen LogP contribution >= 0.6 is 0 Å². The Morgan fingerprint density at radius 1 is 1.40 bits per heavy atom. The van der Waals surface area contributed by atoms with Crippen LogP contribution < -0.4 is 10.2 Å². The van der Waals surface area contributed by atoms with Crippen LogP contribution in [0.1, 0.15) is 26.2 Å². The third kappa shape index (κ3) is 2.77.